The van der Waals surface area contributed by atoms with Crippen molar-refractivity contribution in [3.8, 4) is 5.75 Å². The minimum atomic E-state index is -0.507. The molecule has 2 amide bonds. The average molecular weight is 605 g/mol. The van der Waals surface area contributed by atoms with Gasteiger partial charge in [0.05, 0.1) is 19.4 Å². The Balaban J connectivity index is 1.88. The molecule has 1 aliphatic rings. The molecule has 0 saturated carbocycles. The zero-order valence-corrected chi connectivity index (χ0v) is 20.4. The van der Waals surface area contributed by atoms with E-state index in [1.54, 1.807) is 60.7 Å². The first kappa shape index (κ1) is 21.7. The molecule has 5 nitrogen and oxygen atoms in total. The third-order valence-electron chi connectivity index (χ3n) is 4.63. The standard InChI is InChI=1S/C23H14BrIN2O3S/c24-18-12-14(13-19(25)20(18)28)11-17-21(29)26(15-7-3-1-4-8-15)23(31)27(22(17)30)16-9-5-2-6-10-16/h1-13,28H. The maximum Gasteiger partial charge on any atom is 0.270 e. The van der Waals surface area contributed by atoms with E-state index in [4.69, 9.17) is 12.2 Å². The van der Waals surface area contributed by atoms with E-state index < -0.39 is 11.8 Å². The Morgan fingerprint density at radius 2 is 1.35 bits per heavy atom. The van der Waals surface area contributed by atoms with E-state index in [0.29, 0.717) is 25.0 Å². The van der Waals surface area contributed by atoms with Crippen LogP contribution in [0.5, 0.6) is 5.75 Å². The third-order valence-corrected chi connectivity index (χ3v) is 6.42. The zero-order chi connectivity index (χ0) is 22.1. The van der Waals surface area contributed by atoms with Gasteiger partial charge in [-0.3, -0.25) is 19.4 Å². The molecule has 4 rings (SSSR count). The summed E-state index contributed by atoms with van der Waals surface area (Å²) in [6.07, 6.45) is 1.52. The highest BCUT2D eigenvalue weighted by molar-refractivity contribution is 14.1. The van der Waals surface area contributed by atoms with E-state index >= 15 is 0 Å². The highest BCUT2D eigenvalue weighted by Gasteiger charge is 2.41. The Labute approximate surface area is 206 Å². The second-order valence-corrected chi connectivity index (χ2v) is 9.01. The number of phenolic OH excluding ortho intramolecular Hbond substituents is 1. The quantitative estimate of drug-likeness (QED) is 0.185. The Bertz CT molecular complexity index is 1150. The fourth-order valence-electron chi connectivity index (χ4n) is 3.17. The molecule has 0 spiro atoms. The van der Waals surface area contributed by atoms with E-state index in [2.05, 4.69) is 15.9 Å². The van der Waals surface area contributed by atoms with Gasteiger partial charge in [-0.2, -0.15) is 0 Å². The topological polar surface area (TPSA) is 60.9 Å². The molecular formula is C23H14BrIN2O3S. The van der Waals surface area contributed by atoms with Gasteiger partial charge in [0.1, 0.15) is 11.3 Å². The number of benzene rings is 3. The smallest absolute Gasteiger partial charge is 0.270 e. The number of hydrogen-bond acceptors (Lipinski definition) is 4. The van der Waals surface area contributed by atoms with Crippen LogP contribution in [0, 0.1) is 3.57 Å². The van der Waals surface area contributed by atoms with Crippen molar-refractivity contribution in [2.75, 3.05) is 9.80 Å². The van der Waals surface area contributed by atoms with Crippen molar-refractivity contribution in [3.63, 3.8) is 0 Å². The molecule has 0 aromatic heterocycles. The minimum Gasteiger partial charge on any atom is -0.506 e. The van der Waals surface area contributed by atoms with Crippen LogP contribution in [0.15, 0.2) is 82.8 Å². The number of phenols is 1. The SMILES string of the molecule is O=C1C(=Cc2cc(Br)c(O)c(I)c2)C(=O)N(c2ccccc2)C(=S)N1c1ccccc1. The van der Waals surface area contributed by atoms with Crippen LogP contribution in [-0.2, 0) is 9.59 Å². The fraction of sp³-hybridized carbons (Fsp3) is 0. The number of para-hydroxylation sites is 2. The van der Waals surface area contributed by atoms with E-state index in [1.807, 2.05) is 34.7 Å². The van der Waals surface area contributed by atoms with E-state index in [1.165, 1.54) is 15.9 Å². The first-order valence-electron chi connectivity index (χ1n) is 9.11. The molecule has 0 unspecified atom stereocenters. The van der Waals surface area contributed by atoms with Gasteiger partial charge >= 0.3 is 0 Å². The lowest BCUT2D eigenvalue weighted by atomic mass is 10.0. The van der Waals surface area contributed by atoms with E-state index in [0.717, 1.165) is 0 Å². The highest BCUT2D eigenvalue weighted by Crippen LogP contribution is 2.33. The maximum atomic E-state index is 13.4. The molecule has 0 aliphatic carbocycles. The normalized spacial score (nSPS) is 14.3. The Hall–Kier alpha value is -2.56. The Kier molecular flexibility index (Phi) is 6.22. The number of halogens is 2. The summed E-state index contributed by atoms with van der Waals surface area (Å²) in [5, 5.41) is 10.1. The summed E-state index contributed by atoms with van der Waals surface area (Å²) < 4.78 is 1.06. The maximum absolute atomic E-state index is 13.4. The van der Waals surface area contributed by atoms with Gasteiger partial charge in [0.15, 0.2) is 5.11 Å². The number of rotatable bonds is 3. The predicted molar refractivity (Wildman–Crippen MR) is 137 cm³/mol. The second-order valence-electron chi connectivity index (χ2n) is 6.63. The molecule has 1 fully saturated rings. The molecule has 3 aromatic rings. The lowest BCUT2D eigenvalue weighted by Gasteiger charge is -2.36. The first-order chi connectivity index (χ1) is 14.9. The zero-order valence-electron chi connectivity index (χ0n) is 15.8. The summed E-state index contributed by atoms with van der Waals surface area (Å²) in [4.78, 5) is 29.6. The number of thiocarbonyl (C=S) groups is 1. The molecule has 154 valence electrons. The number of nitrogens with zero attached hydrogens (tertiary/aromatic N) is 2. The van der Waals surface area contributed by atoms with Crippen LogP contribution >= 0.6 is 50.7 Å². The molecular weight excluding hydrogens is 591 g/mol. The van der Waals surface area contributed by atoms with Gasteiger partial charge in [-0.25, -0.2) is 0 Å². The first-order valence-corrected chi connectivity index (χ1v) is 11.4. The van der Waals surface area contributed by atoms with Gasteiger partial charge in [-0.15, -0.1) is 0 Å². The molecule has 0 radical (unpaired) electrons. The second kappa shape index (κ2) is 8.89. The molecule has 0 bridgehead atoms. The van der Waals surface area contributed by atoms with Gasteiger partial charge in [0, 0.05) is 0 Å². The molecule has 1 N–H and O–H groups in total. The van der Waals surface area contributed by atoms with Crippen LogP contribution in [0.1, 0.15) is 5.56 Å². The van der Waals surface area contributed by atoms with Crippen molar-refractivity contribution in [2.24, 2.45) is 0 Å². The van der Waals surface area contributed by atoms with Gasteiger partial charge in [-0.1, -0.05) is 36.4 Å². The van der Waals surface area contributed by atoms with Crippen molar-refractivity contribution in [2.45, 2.75) is 0 Å². The van der Waals surface area contributed by atoms with Crippen molar-refractivity contribution >= 4 is 85.1 Å². The lowest BCUT2D eigenvalue weighted by molar-refractivity contribution is -0.120. The number of anilines is 2. The van der Waals surface area contributed by atoms with Crippen LogP contribution in [0.3, 0.4) is 0 Å². The molecule has 1 saturated heterocycles. The van der Waals surface area contributed by atoms with Crippen molar-refractivity contribution in [1.29, 1.82) is 0 Å². The average Bonchev–Trinajstić information content (AvgIpc) is 2.76. The Morgan fingerprint density at radius 3 is 1.81 bits per heavy atom. The minimum absolute atomic E-state index is 0.0327. The number of amides is 2. The Morgan fingerprint density at radius 1 is 0.871 bits per heavy atom. The summed E-state index contributed by atoms with van der Waals surface area (Å²) in [6, 6.07) is 21.3. The summed E-state index contributed by atoms with van der Waals surface area (Å²) in [5.41, 5.74) is 1.70. The number of hydrogen-bond donors (Lipinski definition) is 1. The van der Waals surface area contributed by atoms with Crippen LogP contribution < -0.4 is 9.80 Å². The fourth-order valence-corrected chi connectivity index (χ4v) is 5.05. The summed E-state index contributed by atoms with van der Waals surface area (Å²) in [7, 11) is 0. The van der Waals surface area contributed by atoms with Crippen molar-refractivity contribution in [1.82, 2.24) is 0 Å². The van der Waals surface area contributed by atoms with Crippen molar-refractivity contribution < 1.29 is 14.7 Å². The highest BCUT2D eigenvalue weighted by atomic mass is 127. The predicted octanol–water partition coefficient (Wildman–Crippen LogP) is 5.51. The van der Waals surface area contributed by atoms with Crippen LogP contribution in [0.2, 0.25) is 0 Å². The van der Waals surface area contributed by atoms with Gasteiger partial charge in [0.2, 0.25) is 0 Å². The number of aromatic hydroxyl groups is 1. The van der Waals surface area contributed by atoms with Crippen LogP contribution in [0.4, 0.5) is 11.4 Å². The number of carbonyl (C=O) groups excluding carboxylic acids is 2. The van der Waals surface area contributed by atoms with Gasteiger partial charge in [-0.05, 0) is 98.8 Å². The molecule has 1 aliphatic heterocycles. The molecule has 8 heteroatoms. The van der Waals surface area contributed by atoms with E-state index in [9.17, 15) is 14.7 Å². The van der Waals surface area contributed by atoms with E-state index in [-0.39, 0.29) is 16.4 Å². The molecule has 0 atom stereocenters. The number of carbonyl (C=O) groups is 2. The summed E-state index contributed by atoms with van der Waals surface area (Å²) in [5.74, 6) is -0.915. The van der Waals surface area contributed by atoms with Gasteiger partial charge < -0.3 is 5.11 Å². The summed E-state index contributed by atoms with van der Waals surface area (Å²) in [6.45, 7) is 0. The van der Waals surface area contributed by atoms with Crippen molar-refractivity contribution in [3.05, 3.63) is 92.0 Å². The monoisotopic (exact) mass is 604 g/mol. The molecule has 31 heavy (non-hydrogen) atoms. The van der Waals surface area contributed by atoms with Crippen LogP contribution in [-0.4, -0.2) is 22.0 Å². The molecule has 3 aromatic carbocycles. The van der Waals surface area contributed by atoms with Gasteiger partial charge in [0.25, 0.3) is 11.8 Å². The largest absolute Gasteiger partial charge is 0.506 e. The summed E-state index contributed by atoms with van der Waals surface area (Å²) >= 11 is 10.9. The van der Waals surface area contributed by atoms with Crippen LogP contribution in [0.25, 0.3) is 6.08 Å². The third kappa shape index (κ3) is 4.15. The molecule has 1 heterocycles. The lowest BCUT2D eigenvalue weighted by Crippen LogP contribution is -2.56.